The van der Waals surface area contributed by atoms with Crippen LogP contribution in [0.15, 0.2) is 35.7 Å². The van der Waals surface area contributed by atoms with E-state index in [1.54, 1.807) is 6.08 Å². The maximum absolute atomic E-state index is 13.1. The Balaban J connectivity index is 1.29. The van der Waals surface area contributed by atoms with Crippen molar-refractivity contribution in [1.82, 2.24) is 19.3 Å². The second-order valence-electron chi connectivity index (χ2n) is 9.02. The highest BCUT2D eigenvalue weighted by molar-refractivity contribution is 5.92. The molecule has 1 aromatic heterocycles. The molecule has 6 nitrogen and oxygen atoms in total. The third kappa shape index (κ3) is 4.32. The van der Waals surface area contributed by atoms with Gasteiger partial charge < -0.3 is 19.3 Å². The predicted octanol–water partition coefficient (Wildman–Crippen LogP) is 2.14. The number of aryl methyl sites for hydroxylation is 1. The molecule has 1 fully saturated rings. The molecule has 0 N–H and O–H groups in total. The number of amides is 2. The van der Waals surface area contributed by atoms with Crippen molar-refractivity contribution in [2.75, 3.05) is 40.3 Å². The minimum Gasteiger partial charge on any atom is -0.357 e. The third-order valence-electron chi connectivity index (χ3n) is 6.65. The number of hydrogen-bond acceptors (Lipinski definition) is 3. The lowest BCUT2D eigenvalue weighted by Gasteiger charge is -2.34. The van der Waals surface area contributed by atoms with Gasteiger partial charge in [-0.25, -0.2) is 0 Å². The third-order valence-corrected chi connectivity index (χ3v) is 6.65. The van der Waals surface area contributed by atoms with Crippen molar-refractivity contribution in [2.45, 2.75) is 31.7 Å². The number of hydrogen-bond donors (Lipinski definition) is 0. The fourth-order valence-corrected chi connectivity index (χ4v) is 4.90. The second-order valence-corrected chi connectivity index (χ2v) is 9.02. The Kier molecular flexibility index (Phi) is 5.63. The van der Waals surface area contributed by atoms with Gasteiger partial charge in [0.2, 0.25) is 11.8 Å². The highest BCUT2D eigenvalue weighted by Gasteiger charge is 2.37. The Bertz CT molecular complexity index is 833. The molecule has 4 rings (SSSR count). The molecule has 2 unspecified atom stereocenters. The Hall–Kier alpha value is -2.34. The summed E-state index contributed by atoms with van der Waals surface area (Å²) >= 11 is 0. The molecule has 2 aliphatic heterocycles. The topological polar surface area (TPSA) is 48.8 Å². The van der Waals surface area contributed by atoms with E-state index in [4.69, 9.17) is 0 Å². The van der Waals surface area contributed by atoms with Gasteiger partial charge in [0.25, 0.3) is 0 Å². The van der Waals surface area contributed by atoms with E-state index in [2.05, 4.69) is 19.0 Å². The van der Waals surface area contributed by atoms with Crippen molar-refractivity contribution in [3.05, 3.63) is 41.2 Å². The van der Waals surface area contributed by atoms with Crippen LogP contribution < -0.4 is 0 Å². The number of aromatic nitrogens is 1. The molecule has 0 aromatic carbocycles. The molecule has 1 aliphatic carbocycles. The molecular weight excluding hydrogens is 364 g/mol. The molecule has 6 heteroatoms. The SMILES string of the molecule is CN(C)C1CCCC(C(=O)N2CC3=C(CN(C(=O)/C=C/c4ccn(C)c4)C3)C2)C1. The zero-order valence-electron chi connectivity index (χ0n) is 17.8. The van der Waals surface area contributed by atoms with E-state index < -0.39 is 0 Å². The summed E-state index contributed by atoms with van der Waals surface area (Å²) in [4.78, 5) is 31.8. The van der Waals surface area contributed by atoms with Gasteiger partial charge in [-0.05, 0) is 62.2 Å². The number of carbonyl (C=O) groups excluding carboxylic acids is 2. The van der Waals surface area contributed by atoms with E-state index in [1.807, 2.05) is 46.0 Å². The summed E-state index contributed by atoms with van der Waals surface area (Å²) in [7, 11) is 6.19. The summed E-state index contributed by atoms with van der Waals surface area (Å²) in [6.07, 6.45) is 11.8. The molecule has 0 radical (unpaired) electrons. The lowest BCUT2D eigenvalue weighted by molar-refractivity contribution is -0.136. The van der Waals surface area contributed by atoms with Crippen LogP contribution in [0.25, 0.3) is 6.08 Å². The van der Waals surface area contributed by atoms with Crippen molar-refractivity contribution >= 4 is 17.9 Å². The van der Waals surface area contributed by atoms with Gasteiger partial charge in [-0.3, -0.25) is 9.59 Å². The Labute approximate surface area is 173 Å². The molecular formula is C23H32N4O2. The molecule has 156 valence electrons. The van der Waals surface area contributed by atoms with Gasteiger partial charge in [-0.2, -0.15) is 0 Å². The summed E-state index contributed by atoms with van der Waals surface area (Å²) in [5, 5.41) is 0. The highest BCUT2D eigenvalue weighted by atomic mass is 16.2. The Morgan fingerprint density at radius 3 is 2.38 bits per heavy atom. The minimum atomic E-state index is 0.0437. The predicted molar refractivity (Wildman–Crippen MR) is 114 cm³/mol. The van der Waals surface area contributed by atoms with Crippen LogP contribution in [0.1, 0.15) is 31.2 Å². The lowest BCUT2D eigenvalue weighted by atomic mass is 9.84. The van der Waals surface area contributed by atoms with Gasteiger partial charge in [-0.1, -0.05) is 6.42 Å². The number of nitrogens with zero attached hydrogens (tertiary/aromatic N) is 4. The molecule has 2 atom stereocenters. The summed E-state index contributed by atoms with van der Waals surface area (Å²) in [6.45, 7) is 2.71. The molecule has 1 aromatic rings. The van der Waals surface area contributed by atoms with E-state index in [9.17, 15) is 9.59 Å². The van der Waals surface area contributed by atoms with Crippen LogP contribution in [0.3, 0.4) is 0 Å². The van der Waals surface area contributed by atoms with Gasteiger partial charge in [0.05, 0.1) is 0 Å². The van der Waals surface area contributed by atoms with Gasteiger partial charge >= 0.3 is 0 Å². The fourth-order valence-electron chi connectivity index (χ4n) is 4.90. The average Bonchev–Trinajstić information content (AvgIpc) is 3.40. The highest BCUT2D eigenvalue weighted by Crippen LogP contribution is 2.32. The second kappa shape index (κ2) is 8.19. The number of rotatable bonds is 4. The first-order valence-electron chi connectivity index (χ1n) is 10.6. The summed E-state index contributed by atoms with van der Waals surface area (Å²) in [5.41, 5.74) is 3.56. The first-order valence-corrected chi connectivity index (χ1v) is 10.6. The van der Waals surface area contributed by atoms with Crippen LogP contribution in [0.4, 0.5) is 0 Å². The van der Waals surface area contributed by atoms with Crippen LogP contribution in [0.2, 0.25) is 0 Å². The zero-order chi connectivity index (χ0) is 20.5. The molecule has 2 amide bonds. The standard InChI is InChI=1S/C23H32N4O2/c1-24(2)21-6-4-5-18(11-21)23(29)27-15-19-13-26(14-20(19)16-27)22(28)8-7-17-9-10-25(3)12-17/h7-10,12,18,21H,4-6,11,13-16H2,1-3H3/b8-7+. The van der Waals surface area contributed by atoms with Crippen LogP contribution in [0.5, 0.6) is 0 Å². The van der Waals surface area contributed by atoms with Crippen molar-refractivity contribution in [3.63, 3.8) is 0 Å². The molecule has 3 heterocycles. The van der Waals surface area contributed by atoms with Crippen LogP contribution >= 0.6 is 0 Å². The van der Waals surface area contributed by atoms with Crippen molar-refractivity contribution in [2.24, 2.45) is 13.0 Å². The summed E-state index contributed by atoms with van der Waals surface area (Å²) < 4.78 is 1.97. The maximum atomic E-state index is 13.1. The summed E-state index contributed by atoms with van der Waals surface area (Å²) in [5.74, 6) is 0.512. The van der Waals surface area contributed by atoms with Crippen molar-refractivity contribution in [3.8, 4) is 0 Å². The zero-order valence-corrected chi connectivity index (χ0v) is 17.8. The molecule has 0 saturated heterocycles. The van der Waals surface area contributed by atoms with E-state index in [0.717, 1.165) is 24.8 Å². The molecule has 29 heavy (non-hydrogen) atoms. The average molecular weight is 397 g/mol. The largest absolute Gasteiger partial charge is 0.357 e. The van der Waals surface area contributed by atoms with Crippen molar-refractivity contribution < 1.29 is 9.59 Å². The van der Waals surface area contributed by atoms with Crippen LogP contribution in [-0.2, 0) is 16.6 Å². The van der Waals surface area contributed by atoms with E-state index in [0.29, 0.717) is 38.1 Å². The smallest absolute Gasteiger partial charge is 0.247 e. The van der Waals surface area contributed by atoms with Crippen LogP contribution in [0, 0.1) is 5.92 Å². The van der Waals surface area contributed by atoms with Gasteiger partial charge in [0, 0.05) is 63.7 Å². The normalized spacial score (nSPS) is 24.8. The lowest BCUT2D eigenvalue weighted by Crippen LogP contribution is -2.42. The monoisotopic (exact) mass is 396 g/mol. The first-order chi connectivity index (χ1) is 13.9. The van der Waals surface area contributed by atoms with Gasteiger partial charge in [-0.15, -0.1) is 0 Å². The number of carbonyl (C=O) groups is 2. The molecule has 3 aliphatic rings. The quantitative estimate of drug-likeness (QED) is 0.579. The van der Waals surface area contributed by atoms with Gasteiger partial charge in [0.1, 0.15) is 0 Å². The fraction of sp³-hybridized carbons (Fsp3) is 0.565. The molecule has 0 bridgehead atoms. The Morgan fingerprint density at radius 2 is 1.76 bits per heavy atom. The van der Waals surface area contributed by atoms with Gasteiger partial charge in [0.15, 0.2) is 0 Å². The van der Waals surface area contributed by atoms with Crippen LogP contribution in [-0.4, -0.2) is 77.4 Å². The molecule has 0 spiro atoms. The van der Waals surface area contributed by atoms with E-state index in [-0.39, 0.29) is 11.8 Å². The minimum absolute atomic E-state index is 0.0437. The van der Waals surface area contributed by atoms with E-state index >= 15 is 0 Å². The summed E-state index contributed by atoms with van der Waals surface area (Å²) in [6, 6.07) is 2.51. The Morgan fingerprint density at radius 1 is 1.07 bits per heavy atom. The van der Waals surface area contributed by atoms with E-state index in [1.165, 1.54) is 17.6 Å². The first kappa shape index (κ1) is 20.0. The molecule has 1 saturated carbocycles. The maximum Gasteiger partial charge on any atom is 0.247 e. The van der Waals surface area contributed by atoms with Crippen molar-refractivity contribution in [1.29, 1.82) is 0 Å².